The highest BCUT2D eigenvalue weighted by Crippen LogP contribution is 2.42. The average Bonchev–Trinajstić information content (AvgIpc) is 2.90. The largest absolute Gasteiger partial charge is 0.450 e. The molecule has 1 unspecified atom stereocenters. The molecule has 2 N–H and O–H groups in total. The van der Waals surface area contributed by atoms with E-state index in [0.29, 0.717) is 32.5 Å². The molecule has 10 nitrogen and oxygen atoms in total. The molecule has 200 valence electrons. The second kappa shape index (κ2) is 11.1. The number of pyridine rings is 1. The lowest BCUT2D eigenvalue weighted by atomic mass is 9.76. The molecular weight excluding hydrogens is 494 g/mol. The fourth-order valence-electron chi connectivity index (χ4n) is 5.35. The van der Waals surface area contributed by atoms with Gasteiger partial charge in [-0.2, -0.15) is 0 Å². The first-order valence-electron chi connectivity index (χ1n) is 12.6. The van der Waals surface area contributed by atoms with Crippen LogP contribution < -0.4 is 15.5 Å². The molecule has 0 bridgehead atoms. The molecule has 1 aromatic heterocycles. The van der Waals surface area contributed by atoms with Gasteiger partial charge in [-0.3, -0.25) is 9.78 Å². The second-order valence-corrected chi connectivity index (χ2v) is 11.9. The number of nitrogens with zero attached hydrogens (tertiary/aromatic N) is 3. The highest BCUT2D eigenvalue weighted by atomic mass is 32.2. The molecule has 2 saturated heterocycles. The maximum absolute atomic E-state index is 14.2. The Labute approximate surface area is 218 Å². The Morgan fingerprint density at radius 3 is 2.59 bits per heavy atom. The van der Waals surface area contributed by atoms with Crippen LogP contribution in [0.1, 0.15) is 32.6 Å². The Morgan fingerprint density at radius 1 is 1.27 bits per heavy atom. The molecular formula is C26H35N5O5S. The molecule has 1 atom stereocenters. The quantitative estimate of drug-likeness (QED) is 0.526. The van der Waals surface area contributed by atoms with Crippen LogP contribution in [0.4, 0.5) is 10.5 Å². The second-order valence-electron chi connectivity index (χ2n) is 9.65. The van der Waals surface area contributed by atoms with E-state index in [1.165, 1.54) is 0 Å². The minimum Gasteiger partial charge on any atom is -0.450 e. The lowest BCUT2D eigenvalue weighted by Crippen LogP contribution is -2.63. The molecule has 2 fully saturated rings. The number of rotatable bonds is 8. The molecule has 0 saturated carbocycles. The molecule has 3 heterocycles. The highest BCUT2D eigenvalue weighted by molar-refractivity contribution is 7.91. The van der Waals surface area contributed by atoms with Crippen LogP contribution in [-0.2, 0) is 19.6 Å². The number of sulfonamides is 1. The summed E-state index contributed by atoms with van der Waals surface area (Å²) >= 11 is 0. The van der Waals surface area contributed by atoms with Crippen LogP contribution in [0, 0.1) is 0 Å². The van der Waals surface area contributed by atoms with E-state index >= 15 is 0 Å². The molecule has 37 heavy (non-hydrogen) atoms. The van der Waals surface area contributed by atoms with Gasteiger partial charge < -0.3 is 20.3 Å². The van der Waals surface area contributed by atoms with Gasteiger partial charge in [-0.15, -0.1) is 0 Å². The predicted molar refractivity (Wildman–Crippen MR) is 141 cm³/mol. The summed E-state index contributed by atoms with van der Waals surface area (Å²) in [7, 11) is -4.11. The van der Waals surface area contributed by atoms with Crippen molar-refractivity contribution < 1.29 is 22.7 Å². The molecule has 0 aromatic carbocycles. The van der Waals surface area contributed by atoms with E-state index in [-0.39, 0.29) is 32.5 Å². The number of aromatic nitrogens is 1. The first kappa shape index (κ1) is 26.9. The van der Waals surface area contributed by atoms with E-state index in [0.717, 1.165) is 15.6 Å². The smallest absolute Gasteiger partial charge is 0.407 e. The lowest BCUT2D eigenvalue weighted by molar-refractivity contribution is -0.126. The zero-order valence-corrected chi connectivity index (χ0v) is 22.0. The Morgan fingerprint density at radius 2 is 2.00 bits per heavy atom. The van der Waals surface area contributed by atoms with Gasteiger partial charge >= 0.3 is 6.09 Å². The molecule has 11 heteroatoms. The maximum atomic E-state index is 14.2. The van der Waals surface area contributed by atoms with Gasteiger partial charge in [0.1, 0.15) is 4.75 Å². The van der Waals surface area contributed by atoms with Crippen LogP contribution in [0.5, 0.6) is 0 Å². The summed E-state index contributed by atoms with van der Waals surface area (Å²) in [4.78, 5) is 31.7. The van der Waals surface area contributed by atoms with Crippen LogP contribution in [0.15, 0.2) is 61.0 Å². The van der Waals surface area contributed by atoms with Crippen LogP contribution in [0.3, 0.4) is 0 Å². The van der Waals surface area contributed by atoms with E-state index in [4.69, 9.17) is 4.74 Å². The molecule has 0 radical (unpaired) electrons. The van der Waals surface area contributed by atoms with Gasteiger partial charge in [0.15, 0.2) is 0 Å². The Hall–Kier alpha value is -3.18. The van der Waals surface area contributed by atoms with Gasteiger partial charge in [-0.25, -0.2) is 17.5 Å². The zero-order chi connectivity index (χ0) is 26.5. The van der Waals surface area contributed by atoms with Gasteiger partial charge in [0.2, 0.25) is 15.9 Å². The summed E-state index contributed by atoms with van der Waals surface area (Å²) in [6.45, 7) is 7.38. The molecule has 3 aliphatic rings. The van der Waals surface area contributed by atoms with Gasteiger partial charge in [0.25, 0.3) is 0 Å². The van der Waals surface area contributed by atoms with Gasteiger partial charge in [0.05, 0.1) is 13.2 Å². The van der Waals surface area contributed by atoms with Crippen molar-refractivity contribution in [2.45, 2.75) is 42.9 Å². The van der Waals surface area contributed by atoms with Crippen molar-refractivity contribution in [1.82, 2.24) is 19.9 Å². The average molecular weight is 530 g/mol. The highest BCUT2D eigenvalue weighted by Gasteiger charge is 2.53. The number of piperidine rings is 1. The van der Waals surface area contributed by atoms with Gasteiger partial charge in [0, 0.05) is 49.8 Å². The van der Waals surface area contributed by atoms with Gasteiger partial charge in [-0.1, -0.05) is 30.9 Å². The van der Waals surface area contributed by atoms with E-state index < -0.39 is 32.3 Å². The van der Waals surface area contributed by atoms with E-state index in [2.05, 4.69) is 27.1 Å². The molecule has 1 aliphatic carbocycles. The van der Waals surface area contributed by atoms with Crippen molar-refractivity contribution in [3.63, 3.8) is 0 Å². The number of alkyl carbamates (subject to hydrolysis) is 1. The van der Waals surface area contributed by atoms with Crippen molar-refractivity contribution in [3.8, 4) is 0 Å². The first-order chi connectivity index (χ1) is 17.7. The predicted octanol–water partition coefficient (Wildman–Crippen LogP) is 2.13. The topological polar surface area (TPSA) is 121 Å². The van der Waals surface area contributed by atoms with Crippen LogP contribution in [0.2, 0.25) is 0 Å². The number of hydrogen-bond donors (Lipinski definition) is 2. The number of piperazine rings is 1. The van der Waals surface area contributed by atoms with Crippen LogP contribution in [-0.4, -0.2) is 79.3 Å². The van der Waals surface area contributed by atoms with Crippen LogP contribution in [0.25, 0.3) is 0 Å². The number of amides is 2. The van der Waals surface area contributed by atoms with Gasteiger partial charge in [-0.05, 0) is 50.3 Å². The number of carbonyl (C=O) groups excluding carboxylic acids is 2. The van der Waals surface area contributed by atoms with Crippen molar-refractivity contribution in [3.05, 3.63) is 61.0 Å². The standard InChI is InChI=1S/C26H35N5O5S/c1-3-21-5-9-26(10-6-21,37(34,35)31-18-15-28-19-23(31)32)20-25(29-24(33)36-4-2)11-16-30(17-12-25)22-7-13-27-14-8-22/h3,5-9,13-14,28H,1,4,10-12,15-20H2,2H3,(H,29,33). The lowest BCUT2D eigenvalue weighted by Gasteiger charge is -2.48. The van der Waals surface area contributed by atoms with Crippen molar-refractivity contribution in [2.24, 2.45) is 0 Å². The molecule has 0 spiro atoms. The Kier molecular flexibility index (Phi) is 8.03. The molecule has 4 rings (SSSR count). The minimum absolute atomic E-state index is 0.0279. The Bertz CT molecular complexity index is 1170. The molecule has 2 amide bonds. The number of ether oxygens (including phenoxy) is 1. The summed E-state index contributed by atoms with van der Waals surface area (Å²) in [6.07, 6.45) is 11.1. The molecule has 2 aliphatic heterocycles. The molecule has 1 aromatic rings. The summed E-state index contributed by atoms with van der Waals surface area (Å²) in [6, 6.07) is 3.86. The third-order valence-electron chi connectivity index (χ3n) is 7.38. The summed E-state index contributed by atoms with van der Waals surface area (Å²) in [5, 5.41) is 5.97. The fourth-order valence-corrected chi connectivity index (χ4v) is 7.45. The normalized spacial score (nSPS) is 23.8. The van der Waals surface area contributed by atoms with E-state index in [1.807, 2.05) is 18.2 Å². The van der Waals surface area contributed by atoms with Crippen molar-refractivity contribution >= 4 is 27.7 Å². The van der Waals surface area contributed by atoms with E-state index in [9.17, 15) is 18.0 Å². The number of carbonyl (C=O) groups is 2. The number of hydrogen-bond acceptors (Lipinski definition) is 8. The summed E-state index contributed by atoms with van der Waals surface area (Å²) in [5.74, 6) is -0.475. The minimum atomic E-state index is -4.11. The monoisotopic (exact) mass is 529 g/mol. The first-order valence-corrected chi connectivity index (χ1v) is 14.1. The number of anilines is 1. The van der Waals surface area contributed by atoms with Crippen molar-refractivity contribution in [1.29, 1.82) is 0 Å². The SMILES string of the molecule is C=CC1=CCC(CC2(NC(=O)OCC)CCN(c3ccncc3)CC2)(S(=O)(=O)N2CCNCC2=O)C=C1. The van der Waals surface area contributed by atoms with Crippen molar-refractivity contribution in [2.75, 3.05) is 44.2 Å². The summed E-state index contributed by atoms with van der Waals surface area (Å²) < 4.78 is 33.2. The van der Waals surface area contributed by atoms with Crippen LogP contribution >= 0.6 is 0 Å². The summed E-state index contributed by atoms with van der Waals surface area (Å²) in [5.41, 5.74) is 0.978. The third kappa shape index (κ3) is 5.57. The fraction of sp³-hybridized carbons (Fsp3) is 0.500. The maximum Gasteiger partial charge on any atom is 0.407 e. The van der Waals surface area contributed by atoms with E-state index in [1.54, 1.807) is 37.5 Å². The Balaban J connectivity index is 1.69. The number of nitrogens with one attached hydrogen (secondary N) is 2. The third-order valence-corrected chi connectivity index (χ3v) is 9.82. The number of allylic oxidation sites excluding steroid dienone is 4. The zero-order valence-electron chi connectivity index (χ0n) is 21.2.